The van der Waals surface area contributed by atoms with E-state index in [-0.39, 0.29) is 11.8 Å². The molecule has 0 atom stereocenters. The number of carbonyl (C=O) groups excluding carboxylic acids is 2. The van der Waals surface area contributed by atoms with Gasteiger partial charge in [0.25, 0.3) is 5.91 Å². The highest BCUT2D eigenvalue weighted by molar-refractivity contribution is 7.12. The summed E-state index contributed by atoms with van der Waals surface area (Å²) in [5.41, 5.74) is 1.19. The topological polar surface area (TPSA) is 49.4 Å². The Morgan fingerprint density at radius 2 is 1.92 bits per heavy atom. The van der Waals surface area contributed by atoms with Crippen molar-refractivity contribution in [2.24, 2.45) is 0 Å². The Kier molecular flexibility index (Phi) is 6.32. The summed E-state index contributed by atoms with van der Waals surface area (Å²) < 4.78 is 0. The van der Waals surface area contributed by atoms with Gasteiger partial charge in [0.2, 0.25) is 5.91 Å². The van der Waals surface area contributed by atoms with Crippen molar-refractivity contribution in [3.8, 4) is 0 Å². The third kappa shape index (κ3) is 4.80. The number of hydrogen-bond donors (Lipinski definition) is 1. The molecule has 0 aliphatic carbocycles. The second kappa shape index (κ2) is 8.45. The van der Waals surface area contributed by atoms with Crippen LogP contribution in [0.5, 0.6) is 0 Å². The number of hydrogen-bond acceptors (Lipinski definition) is 3. The second-order valence-electron chi connectivity index (χ2n) is 5.33. The minimum atomic E-state index is -0.214. The number of nitrogens with one attached hydrogen (secondary N) is 1. The molecule has 5 heteroatoms. The Bertz CT molecular complexity index is 745. The van der Waals surface area contributed by atoms with E-state index < -0.39 is 0 Å². The Hall–Kier alpha value is -2.40. The zero-order valence-corrected chi connectivity index (χ0v) is 15.0. The molecule has 2 amide bonds. The molecule has 0 spiro atoms. The van der Waals surface area contributed by atoms with Gasteiger partial charge in [-0.05, 0) is 57.2 Å². The predicted molar refractivity (Wildman–Crippen MR) is 100 cm³/mol. The maximum Gasteiger partial charge on any atom is 0.253 e. The van der Waals surface area contributed by atoms with Crippen LogP contribution in [0.2, 0.25) is 0 Å². The van der Waals surface area contributed by atoms with Crippen molar-refractivity contribution in [2.75, 3.05) is 18.4 Å². The summed E-state index contributed by atoms with van der Waals surface area (Å²) in [5.74, 6) is -0.241. The summed E-state index contributed by atoms with van der Waals surface area (Å²) in [4.78, 5) is 28.4. The summed E-state index contributed by atoms with van der Waals surface area (Å²) in [6.45, 7) is 7.25. The number of anilines is 1. The molecule has 0 bridgehead atoms. The molecule has 0 aliphatic rings. The average Bonchev–Trinajstić information content (AvgIpc) is 3.00. The first-order chi connectivity index (χ1) is 11.5. The zero-order valence-electron chi connectivity index (χ0n) is 14.2. The Morgan fingerprint density at radius 1 is 1.17 bits per heavy atom. The summed E-state index contributed by atoms with van der Waals surface area (Å²) in [7, 11) is 0. The largest absolute Gasteiger partial charge is 0.339 e. The van der Waals surface area contributed by atoms with Crippen molar-refractivity contribution in [3.63, 3.8) is 0 Å². The fourth-order valence-electron chi connectivity index (χ4n) is 2.31. The molecule has 0 aliphatic heterocycles. The normalized spacial score (nSPS) is 10.8. The van der Waals surface area contributed by atoms with Gasteiger partial charge in [0.05, 0.1) is 0 Å². The lowest BCUT2D eigenvalue weighted by molar-refractivity contribution is -0.111. The summed E-state index contributed by atoms with van der Waals surface area (Å²) in [6.07, 6.45) is 3.29. The van der Waals surface area contributed by atoms with Gasteiger partial charge in [0.15, 0.2) is 0 Å². The number of aryl methyl sites for hydroxylation is 1. The van der Waals surface area contributed by atoms with Gasteiger partial charge in [-0.15, -0.1) is 11.3 Å². The number of nitrogens with zero attached hydrogens (tertiary/aromatic N) is 1. The van der Waals surface area contributed by atoms with E-state index >= 15 is 0 Å². The standard InChI is InChI=1S/C19H22N2O2S/c1-4-21(5-2)19(23)15-7-6-8-16(13-15)20-18(22)12-11-17-10-9-14(3)24-17/h6-13H,4-5H2,1-3H3,(H,20,22). The van der Waals surface area contributed by atoms with Crippen molar-refractivity contribution in [3.05, 3.63) is 57.8 Å². The van der Waals surface area contributed by atoms with Crippen LogP contribution in [0.1, 0.15) is 34.0 Å². The van der Waals surface area contributed by atoms with Crippen LogP contribution >= 0.6 is 11.3 Å². The van der Waals surface area contributed by atoms with Crippen LogP contribution in [-0.4, -0.2) is 29.8 Å². The van der Waals surface area contributed by atoms with Crippen LogP contribution in [0.25, 0.3) is 6.08 Å². The van der Waals surface area contributed by atoms with E-state index in [1.54, 1.807) is 46.6 Å². The molecule has 0 radical (unpaired) electrons. The molecular formula is C19H22N2O2S. The van der Waals surface area contributed by atoms with Crippen LogP contribution < -0.4 is 5.32 Å². The molecule has 0 saturated heterocycles. The van der Waals surface area contributed by atoms with E-state index in [2.05, 4.69) is 5.32 Å². The molecule has 4 nitrogen and oxygen atoms in total. The van der Waals surface area contributed by atoms with E-state index in [0.717, 1.165) is 4.88 Å². The highest BCUT2D eigenvalue weighted by Crippen LogP contribution is 2.17. The van der Waals surface area contributed by atoms with Gasteiger partial charge in [0, 0.05) is 40.2 Å². The van der Waals surface area contributed by atoms with Gasteiger partial charge in [-0.1, -0.05) is 6.07 Å². The number of thiophene rings is 1. The van der Waals surface area contributed by atoms with Crippen molar-refractivity contribution >= 4 is 34.9 Å². The van der Waals surface area contributed by atoms with Crippen molar-refractivity contribution in [1.82, 2.24) is 4.90 Å². The molecule has 1 aromatic heterocycles. The lowest BCUT2D eigenvalue weighted by Gasteiger charge is -2.18. The minimum absolute atomic E-state index is 0.0271. The highest BCUT2D eigenvalue weighted by Gasteiger charge is 2.12. The first kappa shape index (κ1) is 17.9. The van der Waals surface area contributed by atoms with Crippen LogP contribution in [0.3, 0.4) is 0 Å². The fourth-order valence-corrected chi connectivity index (χ4v) is 3.09. The number of amides is 2. The summed E-state index contributed by atoms with van der Waals surface area (Å²) in [5, 5.41) is 2.80. The minimum Gasteiger partial charge on any atom is -0.339 e. The Balaban J connectivity index is 2.04. The molecule has 24 heavy (non-hydrogen) atoms. The smallest absolute Gasteiger partial charge is 0.253 e. The lowest BCUT2D eigenvalue weighted by atomic mass is 10.1. The van der Waals surface area contributed by atoms with Gasteiger partial charge in [-0.25, -0.2) is 0 Å². The zero-order chi connectivity index (χ0) is 17.5. The van der Waals surface area contributed by atoms with Crippen LogP contribution in [0.15, 0.2) is 42.5 Å². The summed E-state index contributed by atoms with van der Waals surface area (Å²) >= 11 is 1.63. The first-order valence-electron chi connectivity index (χ1n) is 7.98. The van der Waals surface area contributed by atoms with E-state index in [4.69, 9.17) is 0 Å². The van der Waals surface area contributed by atoms with Gasteiger partial charge in [-0.3, -0.25) is 9.59 Å². The van der Waals surface area contributed by atoms with Crippen LogP contribution in [-0.2, 0) is 4.79 Å². The van der Waals surface area contributed by atoms with E-state index in [0.29, 0.717) is 24.3 Å². The Morgan fingerprint density at radius 3 is 2.54 bits per heavy atom. The van der Waals surface area contributed by atoms with Crippen LogP contribution in [0, 0.1) is 6.92 Å². The number of rotatable bonds is 6. The predicted octanol–water partition coefficient (Wildman–Crippen LogP) is 4.19. The number of carbonyl (C=O) groups is 2. The third-order valence-electron chi connectivity index (χ3n) is 3.59. The quantitative estimate of drug-likeness (QED) is 0.800. The molecule has 1 heterocycles. The summed E-state index contributed by atoms with van der Waals surface area (Å²) in [6, 6.07) is 11.0. The van der Waals surface area contributed by atoms with Gasteiger partial charge in [-0.2, -0.15) is 0 Å². The molecule has 2 aromatic rings. The van der Waals surface area contributed by atoms with Gasteiger partial charge < -0.3 is 10.2 Å². The van der Waals surface area contributed by atoms with E-state index in [1.807, 2.05) is 32.9 Å². The average molecular weight is 342 g/mol. The van der Waals surface area contributed by atoms with E-state index in [1.165, 1.54) is 11.0 Å². The molecular weight excluding hydrogens is 320 g/mol. The molecule has 1 aromatic carbocycles. The maximum absolute atomic E-state index is 12.4. The monoisotopic (exact) mass is 342 g/mol. The molecule has 126 valence electrons. The molecule has 0 fully saturated rings. The Labute approximate surface area is 146 Å². The van der Waals surface area contributed by atoms with Crippen LogP contribution in [0.4, 0.5) is 5.69 Å². The van der Waals surface area contributed by atoms with Crippen molar-refractivity contribution in [2.45, 2.75) is 20.8 Å². The SMILES string of the molecule is CCN(CC)C(=O)c1cccc(NC(=O)C=Cc2ccc(C)s2)c1. The molecule has 2 rings (SSSR count). The second-order valence-corrected chi connectivity index (χ2v) is 6.65. The number of benzene rings is 1. The maximum atomic E-state index is 12.4. The van der Waals surface area contributed by atoms with E-state index in [9.17, 15) is 9.59 Å². The lowest BCUT2D eigenvalue weighted by Crippen LogP contribution is -2.30. The van der Waals surface area contributed by atoms with Crippen molar-refractivity contribution in [1.29, 1.82) is 0 Å². The molecule has 1 N–H and O–H groups in total. The first-order valence-corrected chi connectivity index (χ1v) is 8.80. The fraction of sp³-hybridized carbons (Fsp3) is 0.263. The van der Waals surface area contributed by atoms with Gasteiger partial charge in [0.1, 0.15) is 0 Å². The van der Waals surface area contributed by atoms with Crippen molar-refractivity contribution < 1.29 is 9.59 Å². The highest BCUT2D eigenvalue weighted by atomic mass is 32.1. The molecule has 0 saturated carbocycles. The third-order valence-corrected chi connectivity index (χ3v) is 4.55. The van der Waals surface area contributed by atoms with Gasteiger partial charge >= 0.3 is 0 Å². The molecule has 0 unspecified atom stereocenters.